The molecule has 0 saturated carbocycles. The third-order valence-corrected chi connectivity index (χ3v) is 3.65. The second-order valence-corrected chi connectivity index (χ2v) is 4.79. The molecule has 1 aromatic carbocycles. The molecule has 2 aromatic heterocycles. The molecule has 0 saturated heterocycles. The van der Waals surface area contributed by atoms with Gasteiger partial charge in [-0.3, -0.25) is 0 Å². The van der Waals surface area contributed by atoms with E-state index in [4.69, 9.17) is 5.26 Å². The van der Waals surface area contributed by atoms with Crippen LogP contribution < -0.4 is 0 Å². The van der Waals surface area contributed by atoms with Gasteiger partial charge in [0, 0.05) is 23.8 Å². The van der Waals surface area contributed by atoms with Crippen molar-refractivity contribution in [3.05, 3.63) is 35.6 Å². The van der Waals surface area contributed by atoms with Crippen molar-refractivity contribution in [2.24, 2.45) is 0 Å². The lowest BCUT2D eigenvalue weighted by atomic mass is 10.2. The van der Waals surface area contributed by atoms with Crippen LogP contribution in [0.15, 0.2) is 29.9 Å². The summed E-state index contributed by atoms with van der Waals surface area (Å²) in [5, 5.41) is 11.6. The predicted octanol–water partition coefficient (Wildman–Crippen LogP) is 3.14. The molecule has 0 spiro atoms. The maximum absolute atomic E-state index is 8.56. The van der Waals surface area contributed by atoms with E-state index in [1.165, 1.54) is 0 Å². The Morgan fingerprint density at radius 3 is 3.22 bits per heavy atom. The van der Waals surface area contributed by atoms with Gasteiger partial charge in [0.05, 0.1) is 29.1 Å². The summed E-state index contributed by atoms with van der Waals surface area (Å²) in [6, 6.07) is 8.20. The monoisotopic (exact) mass is 254 g/mol. The van der Waals surface area contributed by atoms with Crippen LogP contribution in [0.1, 0.15) is 12.1 Å². The Kier molecular flexibility index (Phi) is 2.79. The largest absolute Gasteiger partial charge is 0.345 e. The number of H-pyrrole nitrogens is 1. The molecule has 0 bridgehead atoms. The fraction of sp³-hybridized carbons (Fsp3) is 0.154. The molecule has 0 aliphatic heterocycles. The number of nitriles is 1. The number of thiazole rings is 1. The molecular weight excluding hydrogens is 244 g/mol. The van der Waals surface area contributed by atoms with Crippen LogP contribution in [0.2, 0.25) is 0 Å². The molecule has 0 fully saturated rings. The fourth-order valence-corrected chi connectivity index (χ4v) is 2.66. The number of fused-ring (bicyclic) bond motifs is 1. The molecule has 3 rings (SSSR count). The molecule has 4 nitrogen and oxygen atoms in total. The zero-order chi connectivity index (χ0) is 12.4. The molecule has 0 unspecified atom stereocenters. The first-order chi connectivity index (χ1) is 8.86. The van der Waals surface area contributed by atoms with Crippen LogP contribution in [0, 0.1) is 11.3 Å². The lowest BCUT2D eigenvalue weighted by molar-refractivity contribution is 0.969. The number of hydrogen-bond acceptors (Lipinski definition) is 4. The van der Waals surface area contributed by atoms with E-state index in [0.717, 1.165) is 33.7 Å². The van der Waals surface area contributed by atoms with Crippen LogP contribution >= 0.6 is 11.3 Å². The van der Waals surface area contributed by atoms with Crippen molar-refractivity contribution in [2.75, 3.05) is 0 Å². The van der Waals surface area contributed by atoms with Crippen molar-refractivity contribution >= 4 is 22.4 Å². The quantitative estimate of drug-likeness (QED) is 0.780. The van der Waals surface area contributed by atoms with Gasteiger partial charge in [0.1, 0.15) is 5.01 Å². The van der Waals surface area contributed by atoms with Crippen molar-refractivity contribution < 1.29 is 0 Å². The third-order valence-electron chi connectivity index (χ3n) is 2.71. The number of imidazole rings is 1. The fourth-order valence-electron chi connectivity index (χ4n) is 1.81. The molecule has 88 valence electrons. The summed E-state index contributed by atoms with van der Waals surface area (Å²) in [6.45, 7) is 0. The highest BCUT2D eigenvalue weighted by atomic mass is 32.1. The Hall–Kier alpha value is -2.19. The van der Waals surface area contributed by atoms with E-state index in [1.807, 2.05) is 17.5 Å². The minimum atomic E-state index is 0.517. The van der Waals surface area contributed by atoms with Gasteiger partial charge in [0.25, 0.3) is 0 Å². The van der Waals surface area contributed by atoms with Crippen LogP contribution in [0.3, 0.4) is 0 Å². The van der Waals surface area contributed by atoms with Gasteiger partial charge in [-0.2, -0.15) is 5.26 Å². The first-order valence-corrected chi connectivity index (χ1v) is 6.49. The topological polar surface area (TPSA) is 65.4 Å². The Labute approximate surface area is 108 Å². The maximum Gasteiger partial charge on any atom is 0.123 e. The van der Waals surface area contributed by atoms with Crippen molar-refractivity contribution in [1.82, 2.24) is 15.0 Å². The summed E-state index contributed by atoms with van der Waals surface area (Å²) in [4.78, 5) is 11.8. The van der Waals surface area contributed by atoms with E-state index in [2.05, 4.69) is 27.1 Å². The predicted molar refractivity (Wildman–Crippen MR) is 71.1 cm³/mol. The average Bonchev–Trinajstić information content (AvgIpc) is 3.04. The molecule has 18 heavy (non-hydrogen) atoms. The van der Waals surface area contributed by atoms with Gasteiger partial charge in [0.15, 0.2) is 0 Å². The molecule has 0 aliphatic carbocycles. The maximum atomic E-state index is 8.56. The highest BCUT2D eigenvalue weighted by molar-refractivity contribution is 7.13. The summed E-state index contributed by atoms with van der Waals surface area (Å²) in [7, 11) is 0. The van der Waals surface area contributed by atoms with Crippen LogP contribution in [0.4, 0.5) is 0 Å². The molecule has 0 radical (unpaired) electrons. The van der Waals surface area contributed by atoms with Gasteiger partial charge in [-0.25, -0.2) is 9.97 Å². The van der Waals surface area contributed by atoms with Crippen LogP contribution in [0.5, 0.6) is 0 Å². The van der Waals surface area contributed by atoms with Gasteiger partial charge in [-0.1, -0.05) is 0 Å². The second-order valence-electron chi connectivity index (χ2n) is 3.94. The number of aryl methyl sites for hydroxylation is 1. The smallest absolute Gasteiger partial charge is 0.123 e. The van der Waals surface area contributed by atoms with Crippen LogP contribution in [-0.4, -0.2) is 15.0 Å². The SMILES string of the molecule is N#CCCc1csc(-c2ccc3nc[nH]c3c2)n1. The lowest BCUT2D eigenvalue weighted by Gasteiger charge is -1.96. The summed E-state index contributed by atoms with van der Waals surface area (Å²) in [5.74, 6) is 0. The zero-order valence-electron chi connectivity index (χ0n) is 9.55. The minimum absolute atomic E-state index is 0.517. The zero-order valence-corrected chi connectivity index (χ0v) is 10.4. The molecule has 5 heteroatoms. The minimum Gasteiger partial charge on any atom is -0.345 e. The van der Waals surface area contributed by atoms with Gasteiger partial charge in [-0.05, 0) is 18.2 Å². The Balaban J connectivity index is 1.93. The van der Waals surface area contributed by atoms with Crippen molar-refractivity contribution in [3.63, 3.8) is 0 Å². The molecule has 3 aromatic rings. The highest BCUT2D eigenvalue weighted by Crippen LogP contribution is 2.26. The van der Waals surface area contributed by atoms with Crippen LogP contribution in [-0.2, 0) is 6.42 Å². The summed E-state index contributed by atoms with van der Waals surface area (Å²) in [5.41, 5.74) is 4.04. The number of nitrogens with one attached hydrogen (secondary N) is 1. The van der Waals surface area contributed by atoms with Gasteiger partial charge < -0.3 is 4.98 Å². The number of rotatable bonds is 3. The summed E-state index contributed by atoms with van der Waals surface area (Å²) >= 11 is 1.61. The van der Waals surface area contributed by atoms with E-state index < -0.39 is 0 Å². The molecule has 0 amide bonds. The van der Waals surface area contributed by atoms with Crippen molar-refractivity contribution in [1.29, 1.82) is 5.26 Å². The molecule has 1 N–H and O–H groups in total. The lowest BCUT2D eigenvalue weighted by Crippen LogP contribution is -1.84. The standard InChI is InChI=1S/C13H10N4S/c14-5-1-2-10-7-18-13(17-10)9-3-4-11-12(6-9)16-8-15-11/h3-4,6-8H,1-2H2,(H,15,16). The first-order valence-electron chi connectivity index (χ1n) is 5.61. The number of aromatic nitrogens is 3. The third kappa shape index (κ3) is 1.98. The van der Waals surface area contributed by atoms with Crippen molar-refractivity contribution in [2.45, 2.75) is 12.8 Å². The van der Waals surface area contributed by atoms with E-state index in [0.29, 0.717) is 6.42 Å². The van der Waals surface area contributed by atoms with Gasteiger partial charge >= 0.3 is 0 Å². The van der Waals surface area contributed by atoms with E-state index in [9.17, 15) is 0 Å². The summed E-state index contributed by atoms with van der Waals surface area (Å²) < 4.78 is 0. The van der Waals surface area contributed by atoms with E-state index in [1.54, 1.807) is 17.7 Å². The molecule has 0 atom stereocenters. The van der Waals surface area contributed by atoms with E-state index >= 15 is 0 Å². The second kappa shape index (κ2) is 4.59. The Morgan fingerprint density at radius 1 is 1.39 bits per heavy atom. The molecular formula is C13H10N4S. The number of nitrogens with zero attached hydrogens (tertiary/aromatic N) is 3. The van der Waals surface area contributed by atoms with Gasteiger partial charge in [0.2, 0.25) is 0 Å². The van der Waals surface area contributed by atoms with Crippen molar-refractivity contribution in [3.8, 4) is 16.6 Å². The number of benzene rings is 1. The van der Waals surface area contributed by atoms with Crippen LogP contribution in [0.25, 0.3) is 21.6 Å². The summed E-state index contributed by atoms with van der Waals surface area (Å²) in [6.07, 6.45) is 2.93. The average molecular weight is 254 g/mol. The molecule has 0 aliphatic rings. The Bertz CT molecular complexity index is 720. The normalized spacial score (nSPS) is 10.6. The highest BCUT2D eigenvalue weighted by Gasteiger charge is 2.06. The Morgan fingerprint density at radius 2 is 2.33 bits per heavy atom. The number of aromatic amines is 1. The van der Waals surface area contributed by atoms with E-state index in [-0.39, 0.29) is 0 Å². The first kappa shape index (κ1) is 10.9. The number of hydrogen-bond donors (Lipinski definition) is 1. The van der Waals surface area contributed by atoms with Gasteiger partial charge in [-0.15, -0.1) is 11.3 Å². The molecule has 2 heterocycles.